The molecule has 0 amide bonds. The standard InChI is InChI=1S/C24H33N7O2/c1-5-10-18-20-21(30(4)29-18)23(32)28-22(27-20)17-15-16(11-12-19(17)33-7-3)26-24(25-6-2)31-13-8-9-14-31/h11-12,15H,5-10,13-14H2,1-4H3,(H,25,26)(H,27,28,32). The van der Waals surface area contributed by atoms with Gasteiger partial charge in [0.25, 0.3) is 5.56 Å². The Kier molecular flexibility index (Phi) is 6.96. The van der Waals surface area contributed by atoms with E-state index in [-0.39, 0.29) is 5.56 Å². The van der Waals surface area contributed by atoms with Crippen LogP contribution in [0, 0.1) is 0 Å². The predicted octanol–water partition coefficient (Wildman–Crippen LogP) is 3.56. The average Bonchev–Trinajstić information content (AvgIpc) is 3.44. The van der Waals surface area contributed by atoms with Crippen molar-refractivity contribution in [3.63, 3.8) is 0 Å². The van der Waals surface area contributed by atoms with Gasteiger partial charge in [-0.15, -0.1) is 0 Å². The highest BCUT2D eigenvalue weighted by atomic mass is 16.5. The molecule has 1 aliphatic rings. The van der Waals surface area contributed by atoms with E-state index in [0.29, 0.717) is 35.8 Å². The summed E-state index contributed by atoms with van der Waals surface area (Å²) in [7, 11) is 1.78. The zero-order valence-electron chi connectivity index (χ0n) is 19.9. The highest BCUT2D eigenvalue weighted by molar-refractivity contribution is 5.94. The molecule has 0 saturated carbocycles. The Bertz CT molecular complexity index is 1210. The zero-order valence-corrected chi connectivity index (χ0v) is 19.9. The molecule has 176 valence electrons. The average molecular weight is 452 g/mol. The molecule has 0 aliphatic carbocycles. The van der Waals surface area contributed by atoms with Gasteiger partial charge in [0.05, 0.1) is 17.9 Å². The van der Waals surface area contributed by atoms with E-state index >= 15 is 0 Å². The Morgan fingerprint density at radius 1 is 1.24 bits per heavy atom. The van der Waals surface area contributed by atoms with Crippen molar-refractivity contribution in [3.8, 4) is 17.1 Å². The second-order valence-corrected chi connectivity index (χ2v) is 8.19. The number of aromatic amines is 1. The van der Waals surface area contributed by atoms with Gasteiger partial charge in [0, 0.05) is 32.4 Å². The molecule has 0 spiro atoms. The van der Waals surface area contributed by atoms with Crippen LogP contribution in [0.5, 0.6) is 5.75 Å². The van der Waals surface area contributed by atoms with Gasteiger partial charge in [-0.05, 0) is 51.3 Å². The fourth-order valence-electron chi connectivity index (χ4n) is 4.28. The van der Waals surface area contributed by atoms with Crippen LogP contribution in [0.4, 0.5) is 5.69 Å². The minimum Gasteiger partial charge on any atom is -0.493 e. The van der Waals surface area contributed by atoms with Crippen LogP contribution in [0.1, 0.15) is 45.7 Å². The van der Waals surface area contributed by atoms with Crippen LogP contribution in [-0.2, 0) is 13.5 Å². The molecular formula is C24H33N7O2. The van der Waals surface area contributed by atoms with Crippen molar-refractivity contribution in [2.24, 2.45) is 12.0 Å². The molecule has 3 heterocycles. The largest absolute Gasteiger partial charge is 0.493 e. The van der Waals surface area contributed by atoms with E-state index in [1.807, 2.05) is 32.0 Å². The molecular weight excluding hydrogens is 418 g/mol. The van der Waals surface area contributed by atoms with Gasteiger partial charge in [0.2, 0.25) is 0 Å². The monoisotopic (exact) mass is 451 g/mol. The van der Waals surface area contributed by atoms with E-state index in [4.69, 9.17) is 9.72 Å². The number of H-pyrrole nitrogens is 1. The number of guanidine groups is 1. The first-order chi connectivity index (χ1) is 16.0. The van der Waals surface area contributed by atoms with Gasteiger partial charge in [-0.2, -0.15) is 5.10 Å². The number of benzene rings is 1. The quantitative estimate of drug-likeness (QED) is 0.421. The molecule has 9 nitrogen and oxygen atoms in total. The molecule has 0 radical (unpaired) electrons. The minimum atomic E-state index is -0.210. The SMILES string of the molecule is CCCc1nn(C)c2c(=O)[nH]c(-c3cc(NC(=NCC)N4CCCC4)ccc3OCC)nc12. The summed E-state index contributed by atoms with van der Waals surface area (Å²) in [5.41, 5.74) is 3.35. The molecule has 9 heteroatoms. The molecule has 33 heavy (non-hydrogen) atoms. The maximum Gasteiger partial charge on any atom is 0.277 e. The fraction of sp³-hybridized carbons (Fsp3) is 0.500. The smallest absolute Gasteiger partial charge is 0.277 e. The van der Waals surface area contributed by atoms with E-state index in [2.05, 4.69) is 32.2 Å². The molecule has 1 aliphatic heterocycles. The van der Waals surface area contributed by atoms with Gasteiger partial charge in [-0.25, -0.2) is 4.98 Å². The highest BCUT2D eigenvalue weighted by Gasteiger charge is 2.19. The van der Waals surface area contributed by atoms with Crippen molar-refractivity contribution in [1.82, 2.24) is 24.6 Å². The van der Waals surface area contributed by atoms with E-state index in [0.717, 1.165) is 48.8 Å². The number of hydrogen-bond donors (Lipinski definition) is 2. The van der Waals surface area contributed by atoms with Gasteiger partial charge in [0.1, 0.15) is 17.1 Å². The lowest BCUT2D eigenvalue weighted by atomic mass is 10.1. The lowest BCUT2D eigenvalue weighted by molar-refractivity contribution is 0.341. The first-order valence-electron chi connectivity index (χ1n) is 11.8. The molecule has 0 atom stereocenters. The number of ether oxygens (including phenoxy) is 1. The van der Waals surface area contributed by atoms with Crippen molar-refractivity contribution in [3.05, 3.63) is 34.2 Å². The number of likely N-dealkylation sites (tertiary alicyclic amines) is 1. The van der Waals surface area contributed by atoms with Crippen LogP contribution < -0.4 is 15.6 Å². The van der Waals surface area contributed by atoms with Gasteiger partial charge < -0.3 is 19.9 Å². The topological polar surface area (TPSA) is 100 Å². The summed E-state index contributed by atoms with van der Waals surface area (Å²) in [4.78, 5) is 27.7. The van der Waals surface area contributed by atoms with E-state index in [9.17, 15) is 4.79 Å². The van der Waals surface area contributed by atoms with Crippen molar-refractivity contribution in [1.29, 1.82) is 0 Å². The van der Waals surface area contributed by atoms with Crippen LogP contribution in [0.25, 0.3) is 22.4 Å². The molecule has 3 aromatic rings. The molecule has 1 saturated heterocycles. The van der Waals surface area contributed by atoms with E-state index in [1.165, 1.54) is 12.8 Å². The number of hydrogen-bond acceptors (Lipinski definition) is 5. The fourth-order valence-corrected chi connectivity index (χ4v) is 4.28. The summed E-state index contributed by atoms with van der Waals surface area (Å²) in [6, 6.07) is 5.85. The summed E-state index contributed by atoms with van der Waals surface area (Å²) in [6.07, 6.45) is 4.04. The second kappa shape index (κ2) is 10.1. The Labute approximate surface area is 193 Å². The summed E-state index contributed by atoms with van der Waals surface area (Å²) in [5.74, 6) is 2.02. The number of nitrogens with one attached hydrogen (secondary N) is 2. The van der Waals surface area contributed by atoms with Crippen LogP contribution >= 0.6 is 0 Å². The molecule has 0 unspecified atom stereocenters. The maximum atomic E-state index is 13.0. The van der Waals surface area contributed by atoms with Crippen LogP contribution in [-0.4, -0.2) is 56.8 Å². The first kappa shape index (κ1) is 22.8. The van der Waals surface area contributed by atoms with Gasteiger partial charge in [-0.3, -0.25) is 14.5 Å². The molecule has 2 aromatic heterocycles. The summed E-state index contributed by atoms with van der Waals surface area (Å²) in [5, 5.41) is 8.00. The van der Waals surface area contributed by atoms with E-state index in [1.54, 1.807) is 11.7 Å². The Morgan fingerprint density at radius 2 is 2.03 bits per heavy atom. The lowest BCUT2D eigenvalue weighted by Crippen LogP contribution is -2.34. The number of nitrogens with zero attached hydrogens (tertiary/aromatic N) is 5. The number of fused-ring (bicyclic) bond motifs is 1. The molecule has 4 rings (SSSR count). The first-order valence-corrected chi connectivity index (χ1v) is 11.8. The van der Waals surface area contributed by atoms with Crippen LogP contribution in [0.3, 0.4) is 0 Å². The van der Waals surface area contributed by atoms with E-state index < -0.39 is 0 Å². The van der Waals surface area contributed by atoms with Crippen molar-refractivity contribution < 1.29 is 4.74 Å². The van der Waals surface area contributed by atoms with Gasteiger partial charge in [-0.1, -0.05) is 13.3 Å². The number of aryl methyl sites for hydroxylation is 2. The minimum absolute atomic E-state index is 0.210. The molecule has 2 N–H and O–H groups in total. The zero-order chi connectivity index (χ0) is 23.4. The van der Waals surface area contributed by atoms with Gasteiger partial charge >= 0.3 is 0 Å². The highest BCUT2D eigenvalue weighted by Crippen LogP contribution is 2.31. The molecule has 1 fully saturated rings. The summed E-state index contributed by atoms with van der Waals surface area (Å²) in [6.45, 7) is 9.28. The molecule has 1 aromatic carbocycles. The lowest BCUT2D eigenvalue weighted by Gasteiger charge is -2.22. The Balaban J connectivity index is 1.79. The van der Waals surface area contributed by atoms with Crippen molar-refractivity contribution >= 4 is 22.7 Å². The number of anilines is 1. The normalized spacial score (nSPS) is 14.3. The summed E-state index contributed by atoms with van der Waals surface area (Å²) < 4.78 is 7.49. The Hall–Kier alpha value is -3.36. The van der Waals surface area contributed by atoms with Crippen molar-refractivity contribution in [2.75, 3.05) is 31.6 Å². The van der Waals surface area contributed by atoms with Crippen molar-refractivity contribution in [2.45, 2.75) is 46.5 Å². The second-order valence-electron chi connectivity index (χ2n) is 8.19. The Morgan fingerprint density at radius 3 is 2.73 bits per heavy atom. The van der Waals surface area contributed by atoms with Crippen LogP contribution in [0.2, 0.25) is 0 Å². The maximum absolute atomic E-state index is 13.0. The van der Waals surface area contributed by atoms with Gasteiger partial charge in [0.15, 0.2) is 11.5 Å². The number of rotatable bonds is 7. The number of aliphatic imine (C=N–C) groups is 1. The third-order valence-electron chi connectivity index (χ3n) is 5.75. The summed E-state index contributed by atoms with van der Waals surface area (Å²) >= 11 is 0. The predicted molar refractivity (Wildman–Crippen MR) is 132 cm³/mol. The molecule has 0 bridgehead atoms. The third kappa shape index (κ3) is 4.72. The number of aromatic nitrogens is 4. The third-order valence-corrected chi connectivity index (χ3v) is 5.75. The van der Waals surface area contributed by atoms with Crippen LogP contribution in [0.15, 0.2) is 28.0 Å².